The van der Waals surface area contributed by atoms with Crippen LogP contribution >= 0.6 is 0 Å². The van der Waals surface area contributed by atoms with Crippen molar-refractivity contribution in [3.63, 3.8) is 0 Å². The highest BCUT2D eigenvalue weighted by atomic mass is 19.4. The first kappa shape index (κ1) is 22.2. The van der Waals surface area contributed by atoms with Crippen molar-refractivity contribution in [1.82, 2.24) is 14.8 Å². The number of anilines is 2. The van der Waals surface area contributed by atoms with Gasteiger partial charge in [0, 0.05) is 23.7 Å². The van der Waals surface area contributed by atoms with Gasteiger partial charge in [-0.15, -0.1) is 0 Å². The smallest absolute Gasteiger partial charge is 0.305 e. The van der Waals surface area contributed by atoms with Crippen molar-refractivity contribution in [2.75, 3.05) is 10.6 Å². The van der Waals surface area contributed by atoms with Crippen molar-refractivity contribution in [2.24, 2.45) is 0 Å². The molecule has 0 bridgehead atoms. The average molecular weight is 461 g/mol. The second-order valence-corrected chi connectivity index (χ2v) is 7.05. The topological polar surface area (TPSA) is 71.8 Å². The summed E-state index contributed by atoms with van der Waals surface area (Å²) >= 11 is 0. The largest absolute Gasteiger partial charge is 0.416 e. The Morgan fingerprint density at radius 2 is 1.73 bits per heavy atom. The summed E-state index contributed by atoms with van der Waals surface area (Å²) in [6.07, 6.45) is 0.152. The molecule has 170 valence electrons. The normalized spacial score (nSPS) is 11.6. The molecule has 0 fully saturated rings. The number of urea groups is 1. The molecule has 0 unspecified atom stereocenters. The molecule has 2 aromatic heterocycles. The molecule has 33 heavy (non-hydrogen) atoms. The first-order valence-electron chi connectivity index (χ1n) is 9.71. The Kier molecular flexibility index (Phi) is 5.71. The van der Waals surface area contributed by atoms with Gasteiger partial charge in [-0.05, 0) is 42.8 Å². The Morgan fingerprint density at radius 1 is 0.970 bits per heavy atom. The van der Waals surface area contributed by atoms with Crippen LogP contribution in [-0.4, -0.2) is 20.8 Å². The van der Waals surface area contributed by atoms with E-state index in [-0.39, 0.29) is 5.69 Å². The summed E-state index contributed by atoms with van der Waals surface area (Å²) in [6.45, 7) is 2.56. The van der Waals surface area contributed by atoms with Crippen molar-refractivity contribution in [2.45, 2.75) is 19.6 Å². The van der Waals surface area contributed by atoms with E-state index in [0.29, 0.717) is 35.9 Å². The molecule has 0 aliphatic heterocycles. The highest BCUT2D eigenvalue weighted by Crippen LogP contribution is 2.32. The molecule has 4 rings (SSSR count). The van der Waals surface area contributed by atoms with Gasteiger partial charge >= 0.3 is 12.2 Å². The minimum atomic E-state index is -4.71. The molecule has 0 radical (unpaired) electrons. The number of benzene rings is 2. The van der Waals surface area contributed by atoms with Crippen molar-refractivity contribution < 1.29 is 26.7 Å². The van der Waals surface area contributed by atoms with Crippen molar-refractivity contribution in [3.8, 4) is 11.1 Å². The number of pyridine rings is 1. The molecule has 0 atom stereocenters. The summed E-state index contributed by atoms with van der Waals surface area (Å²) in [5, 5.41) is 9.17. The number of rotatable bonds is 4. The molecule has 2 heterocycles. The number of aromatic nitrogens is 3. The molecule has 2 aromatic carbocycles. The van der Waals surface area contributed by atoms with Gasteiger partial charge in [-0.25, -0.2) is 13.6 Å². The zero-order chi connectivity index (χ0) is 23.8. The van der Waals surface area contributed by atoms with E-state index >= 15 is 0 Å². The van der Waals surface area contributed by atoms with E-state index in [1.54, 1.807) is 29.3 Å². The van der Waals surface area contributed by atoms with Gasteiger partial charge < -0.3 is 10.6 Å². The molecule has 6 nitrogen and oxygen atoms in total. The van der Waals surface area contributed by atoms with Crippen molar-refractivity contribution >= 4 is 28.3 Å². The summed E-state index contributed by atoms with van der Waals surface area (Å²) in [7, 11) is 0. The number of carbonyl (C=O) groups excluding carboxylic acids is 1. The molecular weight excluding hydrogens is 445 g/mol. The predicted molar refractivity (Wildman–Crippen MR) is 113 cm³/mol. The molecule has 0 aliphatic rings. The van der Waals surface area contributed by atoms with Crippen LogP contribution in [0.2, 0.25) is 0 Å². The molecule has 2 N–H and O–H groups in total. The predicted octanol–water partition coefficient (Wildman–Crippen LogP) is 6.06. The summed E-state index contributed by atoms with van der Waals surface area (Å²) < 4.78 is 68.8. The molecule has 2 amide bonds. The fourth-order valence-electron chi connectivity index (χ4n) is 3.33. The van der Waals surface area contributed by atoms with Crippen LogP contribution in [0.4, 0.5) is 38.1 Å². The van der Waals surface area contributed by atoms with Gasteiger partial charge in [-0.2, -0.15) is 18.3 Å². The van der Waals surface area contributed by atoms with Crippen LogP contribution in [0.5, 0.6) is 0 Å². The number of amides is 2. The highest BCUT2D eigenvalue weighted by molar-refractivity contribution is 6.00. The first-order valence-corrected chi connectivity index (χ1v) is 9.71. The fraction of sp³-hybridized carbons (Fsp3) is 0.136. The second kappa shape index (κ2) is 8.49. The van der Waals surface area contributed by atoms with Crippen LogP contribution in [-0.2, 0) is 12.7 Å². The average Bonchev–Trinajstić information content (AvgIpc) is 3.19. The van der Waals surface area contributed by atoms with E-state index in [9.17, 15) is 26.7 Å². The summed E-state index contributed by atoms with van der Waals surface area (Å²) in [6, 6.07) is 4.50. The number of fused-ring (bicyclic) bond motifs is 1. The molecule has 4 aromatic rings. The van der Waals surface area contributed by atoms with Gasteiger partial charge in [0.15, 0.2) is 0 Å². The third kappa shape index (κ3) is 4.47. The molecular formula is C22H16F5N5O. The Labute approximate surface area is 184 Å². The maximum Gasteiger partial charge on any atom is 0.416 e. The standard InChI is InChI=1S/C22H16F5N5O/c1-2-32-20-11-28-9-14(15(20)10-29-32)12-3-6-18(17(24)7-12)30-21(33)31-19-8-13(22(25,26)27)4-5-16(19)23/h3-11H,2H2,1H3,(H2,30,31,33). The number of hydrogen-bond acceptors (Lipinski definition) is 3. The van der Waals surface area contributed by atoms with Gasteiger partial charge in [0.2, 0.25) is 0 Å². The Morgan fingerprint density at radius 3 is 2.42 bits per heavy atom. The van der Waals surface area contributed by atoms with Gasteiger partial charge in [0.25, 0.3) is 0 Å². The van der Waals surface area contributed by atoms with E-state index in [1.165, 1.54) is 12.1 Å². The minimum absolute atomic E-state index is 0.243. The minimum Gasteiger partial charge on any atom is -0.305 e. The summed E-state index contributed by atoms with van der Waals surface area (Å²) in [4.78, 5) is 16.3. The van der Waals surface area contributed by atoms with Gasteiger partial charge in [-0.3, -0.25) is 9.67 Å². The first-order chi connectivity index (χ1) is 15.7. The van der Waals surface area contributed by atoms with Gasteiger partial charge in [-0.1, -0.05) is 6.07 Å². The lowest BCUT2D eigenvalue weighted by atomic mass is 10.0. The lowest BCUT2D eigenvalue weighted by molar-refractivity contribution is -0.137. The molecule has 11 heteroatoms. The number of nitrogens with zero attached hydrogens (tertiary/aromatic N) is 3. The number of alkyl halides is 3. The maximum absolute atomic E-state index is 14.7. The number of carbonyl (C=O) groups is 1. The van der Waals surface area contributed by atoms with Crippen molar-refractivity contribution in [3.05, 3.63) is 72.2 Å². The Bertz CT molecular complexity index is 1350. The number of hydrogen-bond donors (Lipinski definition) is 2. The Hall–Kier alpha value is -4.02. The number of aryl methyl sites for hydroxylation is 1. The third-order valence-electron chi connectivity index (χ3n) is 4.94. The lowest BCUT2D eigenvalue weighted by Gasteiger charge is -2.12. The number of nitrogens with one attached hydrogen (secondary N) is 2. The maximum atomic E-state index is 14.7. The zero-order valence-electron chi connectivity index (χ0n) is 17.0. The van der Waals surface area contributed by atoms with Gasteiger partial charge in [0.05, 0.1) is 34.8 Å². The van der Waals surface area contributed by atoms with E-state index in [4.69, 9.17) is 0 Å². The van der Waals surface area contributed by atoms with Crippen molar-refractivity contribution in [1.29, 1.82) is 0 Å². The van der Waals surface area contributed by atoms with E-state index in [1.807, 2.05) is 12.2 Å². The van der Waals surface area contributed by atoms with Crippen LogP contribution in [0, 0.1) is 11.6 Å². The SMILES string of the molecule is CCn1ncc2c(-c3ccc(NC(=O)Nc4cc(C(F)(F)F)ccc4F)c(F)c3)cncc21. The molecule has 0 saturated heterocycles. The summed E-state index contributed by atoms with van der Waals surface area (Å²) in [5.41, 5.74) is -0.175. The van der Waals surface area contributed by atoms with Crippen LogP contribution in [0.15, 0.2) is 55.0 Å². The zero-order valence-corrected chi connectivity index (χ0v) is 17.0. The van der Waals surface area contributed by atoms with E-state index < -0.39 is 35.1 Å². The van der Waals surface area contributed by atoms with Crippen LogP contribution in [0.25, 0.3) is 22.0 Å². The highest BCUT2D eigenvalue weighted by Gasteiger charge is 2.31. The van der Waals surface area contributed by atoms with Crippen LogP contribution in [0.1, 0.15) is 12.5 Å². The monoisotopic (exact) mass is 461 g/mol. The quantitative estimate of drug-likeness (QED) is 0.363. The summed E-state index contributed by atoms with van der Waals surface area (Å²) in [5.74, 6) is -1.87. The second-order valence-electron chi connectivity index (χ2n) is 7.05. The molecule has 0 spiro atoms. The number of halogens is 5. The Balaban J connectivity index is 1.55. The molecule has 0 saturated carbocycles. The van der Waals surface area contributed by atoms with E-state index in [0.717, 1.165) is 10.9 Å². The van der Waals surface area contributed by atoms with E-state index in [2.05, 4.69) is 15.4 Å². The lowest BCUT2D eigenvalue weighted by Crippen LogP contribution is -2.21. The third-order valence-corrected chi connectivity index (χ3v) is 4.94. The fourth-order valence-corrected chi connectivity index (χ4v) is 3.33. The van der Waals surface area contributed by atoms with Crippen LogP contribution in [0.3, 0.4) is 0 Å². The van der Waals surface area contributed by atoms with Crippen LogP contribution < -0.4 is 10.6 Å². The molecule has 0 aliphatic carbocycles. The van der Waals surface area contributed by atoms with Gasteiger partial charge in [0.1, 0.15) is 11.6 Å².